The molecule has 3 unspecified atom stereocenters. The van der Waals surface area contributed by atoms with Gasteiger partial charge in [0.2, 0.25) is 17.7 Å². The predicted octanol–water partition coefficient (Wildman–Crippen LogP) is 4.31. The first-order valence-corrected chi connectivity index (χ1v) is 16.1. The number of nitrogens with one attached hydrogen (secondary N) is 2. The molecule has 1 aromatic heterocycles. The number of aliphatic hydroxyl groups excluding tert-OH is 1. The number of carbonyl (C=O) groups is 3. The molecule has 3 atom stereocenters. The van der Waals surface area contributed by atoms with Crippen molar-refractivity contribution in [3.05, 3.63) is 41.0 Å². The van der Waals surface area contributed by atoms with E-state index >= 15 is 0 Å². The molecule has 1 aromatic carbocycles. The highest BCUT2D eigenvalue weighted by molar-refractivity contribution is 7.13. The Kier molecular flexibility index (Phi) is 12.9. The number of unbranched alkanes of at least 4 members (excludes halogenated alkanes) is 6. The lowest BCUT2D eigenvalue weighted by Gasteiger charge is -2.35. The summed E-state index contributed by atoms with van der Waals surface area (Å²) < 4.78 is 0. The fourth-order valence-electron chi connectivity index (χ4n) is 5.33. The Morgan fingerprint density at radius 1 is 1.07 bits per heavy atom. The van der Waals surface area contributed by atoms with Crippen molar-refractivity contribution in [3.63, 3.8) is 0 Å². The summed E-state index contributed by atoms with van der Waals surface area (Å²) in [6, 6.07) is 6.36. The van der Waals surface area contributed by atoms with Crippen molar-refractivity contribution < 1.29 is 19.5 Å². The lowest BCUT2D eigenvalue weighted by atomic mass is 9.85. The standard InChI is InChI=1S/C32H49N5O4S/c1-22-28(42-21-35-22)24-15-13-23(14-16-24)19-34-30(40)26-18-25(38)20-37(26)31(41)29(32(2,3)4)36-27(39)12-10-8-6-5-7-9-11-17-33/h13-16,21,25-26,29,38H,5-12,17-20,33H2,1-4H3,(H,34,40)(H,36,39). The van der Waals surface area contributed by atoms with E-state index in [2.05, 4.69) is 15.6 Å². The number of carbonyl (C=O) groups excluding carboxylic acids is 3. The molecular weight excluding hydrogens is 550 g/mol. The maximum Gasteiger partial charge on any atom is 0.246 e. The molecule has 232 valence electrons. The highest BCUT2D eigenvalue weighted by atomic mass is 32.1. The monoisotopic (exact) mass is 599 g/mol. The number of nitrogens with two attached hydrogens (primary N) is 1. The first-order valence-electron chi connectivity index (χ1n) is 15.3. The van der Waals surface area contributed by atoms with Gasteiger partial charge in [0.25, 0.3) is 0 Å². The Labute approximate surface area is 254 Å². The van der Waals surface area contributed by atoms with Gasteiger partial charge < -0.3 is 26.4 Å². The van der Waals surface area contributed by atoms with Crippen molar-refractivity contribution in [1.29, 1.82) is 0 Å². The topological polar surface area (TPSA) is 138 Å². The van der Waals surface area contributed by atoms with E-state index in [1.807, 2.05) is 57.5 Å². The van der Waals surface area contributed by atoms with Crippen LogP contribution in [0.3, 0.4) is 0 Å². The zero-order valence-electron chi connectivity index (χ0n) is 25.7. The summed E-state index contributed by atoms with van der Waals surface area (Å²) in [5, 5.41) is 16.3. The van der Waals surface area contributed by atoms with Gasteiger partial charge in [-0.15, -0.1) is 11.3 Å². The van der Waals surface area contributed by atoms with Crippen LogP contribution in [-0.2, 0) is 20.9 Å². The summed E-state index contributed by atoms with van der Waals surface area (Å²) in [6.45, 7) is 8.78. The first-order chi connectivity index (χ1) is 20.0. The van der Waals surface area contributed by atoms with Crippen LogP contribution in [0.1, 0.15) is 89.8 Å². The number of hydrogen-bond acceptors (Lipinski definition) is 7. The molecule has 0 radical (unpaired) electrons. The van der Waals surface area contributed by atoms with Gasteiger partial charge in [0.15, 0.2) is 0 Å². The zero-order chi connectivity index (χ0) is 30.7. The van der Waals surface area contributed by atoms with E-state index in [4.69, 9.17) is 5.73 Å². The maximum absolute atomic E-state index is 13.7. The summed E-state index contributed by atoms with van der Waals surface area (Å²) in [6.07, 6.45) is 7.06. The number of hydrogen-bond donors (Lipinski definition) is 4. The summed E-state index contributed by atoms with van der Waals surface area (Å²) in [4.78, 5) is 46.7. The Morgan fingerprint density at radius 3 is 2.31 bits per heavy atom. The quantitative estimate of drug-likeness (QED) is 0.225. The predicted molar refractivity (Wildman–Crippen MR) is 168 cm³/mol. The minimum absolute atomic E-state index is 0.0619. The fraction of sp³-hybridized carbons (Fsp3) is 0.625. The molecular formula is C32H49N5O4S. The molecule has 2 aromatic rings. The van der Waals surface area contributed by atoms with Crippen molar-refractivity contribution in [1.82, 2.24) is 20.5 Å². The molecule has 3 rings (SSSR count). The van der Waals surface area contributed by atoms with Crippen LogP contribution in [0.2, 0.25) is 0 Å². The molecule has 42 heavy (non-hydrogen) atoms. The molecule has 1 saturated heterocycles. The van der Waals surface area contributed by atoms with E-state index in [-0.39, 0.29) is 30.7 Å². The molecule has 0 bridgehead atoms. The Hall–Kier alpha value is -2.82. The lowest BCUT2D eigenvalue weighted by molar-refractivity contribution is -0.144. The van der Waals surface area contributed by atoms with Gasteiger partial charge in [0.05, 0.1) is 22.2 Å². The van der Waals surface area contributed by atoms with E-state index in [0.717, 1.165) is 66.8 Å². The van der Waals surface area contributed by atoms with Crippen molar-refractivity contribution >= 4 is 29.1 Å². The average molecular weight is 600 g/mol. The minimum atomic E-state index is -0.801. The Bertz CT molecular complexity index is 1160. The number of thiazole rings is 1. The third kappa shape index (κ3) is 9.88. The molecule has 0 aliphatic carbocycles. The van der Waals surface area contributed by atoms with Crippen LogP contribution in [0.5, 0.6) is 0 Å². The van der Waals surface area contributed by atoms with E-state index < -0.39 is 23.6 Å². The highest BCUT2D eigenvalue weighted by Crippen LogP contribution is 2.28. The molecule has 0 saturated carbocycles. The number of aryl methyl sites for hydroxylation is 1. The highest BCUT2D eigenvalue weighted by Gasteiger charge is 2.44. The third-order valence-electron chi connectivity index (χ3n) is 7.82. The number of aromatic nitrogens is 1. The minimum Gasteiger partial charge on any atom is -0.391 e. The summed E-state index contributed by atoms with van der Waals surface area (Å²) >= 11 is 1.59. The number of amides is 3. The zero-order valence-corrected chi connectivity index (χ0v) is 26.5. The lowest BCUT2D eigenvalue weighted by Crippen LogP contribution is -2.57. The van der Waals surface area contributed by atoms with Crippen LogP contribution in [0.15, 0.2) is 29.8 Å². The van der Waals surface area contributed by atoms with Gasteiger partial charge in [0, 0.05) is 25.9 Å². The van der Waals surface area contributed by atoms with Crippen LogP contribution < -0.4 is 16.4 Å². The van der Waals surface area contributed by atoms with Gasteiger partial charge in [-0.3, -0.25) is 14.4 Å². The van der Waals surface area contributed by atoms with Crippen molar-refractivity contribution in [2.24, 2.45) is 11.1 Å². The molecule has 0 spiro atoms. The number of rotatable bonds is 15. The molecule has 1 aliphatic heterocycles. The number of benzene rings is 1. The number of likely N-dealkylation sites (tertiary alicyclic amines) is 1. The average Bonchev–Trinajstić information content (AvgIpc) is 3.56. The van der Waals surface area contributed by atoms with Crippen molar-refractivity contribution in [3.8, 4) is 10.4 Å². The summed E-state index contributed by atoms with van der Waals surface area (Å²) in [5.74, 6) is -0.811. The van der Waals surface area contributed by atoms with Gasteiger partial charge in [-0.05, 0) is 42.9 Å². The van der Waals surface area contributed by atoms with Gasteiger partial charge in [-0.2, -0.15) is 0 Å². The second-order valence-electron chi connectivity index (χ2n) is 12.5. The van der Waals surface area contributed by atoms with Crippen LogP contribution in [-0.4, -0.2) is 64.0 Å². The summed E-state index contributed by atoms with van der Waals surface area (Å²) in [5.41, 5.74) is 9.79. The molecule has 10 heteroatoms. The smallest absolute Gasteiger partial charge is 0.246 e. The van der Waals surface area contributed by atoms with Crippen LogP contribution >= 0.6 is 11.3 Å². The van der Waals surface area contributed by atoms with E-state index in [9.17, 15) is 19.5 Å². The number of nitrogens with zero attached hydrogens (tertiary/aromatic N) is 2. The van der Waals surface area contributed by atoms with Gasteiger partial charge in [0.1, 0.15) is 12.1 Å². The molecule has 3 amide bonds. The van der Waals surface area contributed by atoms with Crippen molar-refractivity contribution in [2.45, 2.75) is 110 Å². The summed E-state index contributed by atoms with van der Waals surface area (Å²) in [7, 11) is 0. The second-order valence-corrected chi connectivity index (χ2v) is 13.3. The van der Waals surface area contributed by atoms with E-state index in [0.29, 0.717) is 13.0 Å². The molecule has 2 heterocycles. The molecule has 1 aliphatic rings. The van der Waals surface area contributed by atoms with Gasteiger partial charge in [-0.1, -0.05) is 77.1 Å². The third-order valence-corrected chi connectivity index (χ3v) is 8.80. The fourth-order valence-corrected chi connectivity index (χ4v) is 6.14. The Morgan fingerprint density at radius 2 is 1.71 bits per heavy atom. The van der Waals surface area contributed by atoms with Gasteiger partial charge >= 0.3 is 0 Å². The molecule has 9 nitrogen and oxygen atoms in total. The number of β-amino-alcohol motifs (C(OH)–C–C–N with tert-alkyl or cyclic N) is 1. The van der Waals surface area contributed by atoms with Crippen LogP contribution in [0.25, 0.3) is 10.4 Å². The van der Waals surface area contributed by atoms with Gasteiger partial charge in [-0.25, -0.2) is 4.98 Å². The van der Waals surface area contributed by atoms with Crippen LogP contribution in [0.4, 0.5) is 0 Å². The normalized spacial score (nSPS) is 17.7. The van der Waals surface area contributed by atoms with E-state index in [1.165, 1.54) is 11.3 Å². The maximum atomic E-state index is 13.7. The Balaban J connectivity index is 1.54. The second kappa shape index (κ2) is 16.1. The van der Waals surface area contributed by atoms with Crippen LogP contribution in [0, 0.1) is 12.3 Å². The number of aliphatic hydroxyl groups is 1. The van der Waals surface area contributed by atoms with Crippen molar-refractivity contribution in [2.75, 3.05) is 13.1 Å². The largest absolute Gasteiger partial charge is 0.391 e. The first kappa shape index (κ1) is 33.7. The SMILES string of the molecule is Cc1ncsc1-c1ccc(CNC(=O)C2CC(O)CN2C(=O)C(NC(=O)CCCCCCCCCN)C(C)(C)C)cc1. The molecule has 1 fully saturated rings. The van der Waals surface area contributed by atoms with E-state index in [1.54, 1.807) is 11.3 Å². The molecule has 5 N–H and O–H groups in total.